The number of carbonyl (C=O) groups is 1. The maximum atomic E-state index is 11.2. The van der Waals surface area contributed by atoms with Crippen molar-refractivity contribution in [2.45, 2.75) is 44.6 Å². The highest BCUT2D eigenvalue weighted by Gasteiger charge is 2.63. The van der Waals surface area contributed by atoms with Crippen LogP contribution in [0.5, 0.6) is 0 Å². The van der Waals surface area contributed by atoms with Crippen LogP contribution in [0.25, 0.3) is 0 Å². The summed E-state index contributed by atoms with van der Waals surface area (Å²) in [5.41, 5.74) is -0.443. The van der Waals surface area contributed by atoms with Gasteiger partial charge in [0.1, 0.15) is 5.60 Å². The Hall–Kier alpha value is -0.240. The van der Waals surface area contributed by atoms with Crippen LogP contribution < -0.4 is 0 Å². The van der Waals surface area contributed by atoms with Crippen molar-refractivity contribution in [3.63, 3.8) is 0 Å². The van der Waals surface area contributed by atoms with E-state index in [9.17, 15) is 4.79 Å². The van der Waals surface area contributed by atoms with Gasteiger partial charge in [-0.3, -0.25) is 4.79 Å². The molecule has 3 heteroatoms. The molecule has 1 saturated heterocycles. The topological polar surface area (TPSA) is 26.3 Å². The van der Waals surface area contributed by atoms with E-state index < -0.39 is 0 Å². The van der Waals surface area contributed by atoms with Crippen LogP contribution >= 0.6 is 11.6 Å². The predicted octanol–water partition coefficient (Wildman–Crippen LogP) is 2.35. The molecule has 1 aliphatic heterocycles. The van der Waals surface area contributed by atoms with Gasteiger partial charge >= 0.3 is 5.97 Å². The molecule has 0 radical (unpaired) electrons. The molecular formula is C10H15ClO2. The standard InChI is InChI=1S/C10H15ClO2/c1-9(2)7(11)4-6-5-8(12)13-10(6,9)3/h6-7H,4-5H2,1-3H3/t6-,7?,10+/m0/s1. The van der Waals surface area contributed by atoms with Crippen molar-refractivity contribution in [2.24, 2.45) is 11.3 Å². The highest BCUT2D eigenvalue weighted by molar-refractivity contribution is 6.21. The molecule has 0 amide bonds. The van der Waals surface area contributed by atoms with Gasteiger partial charge in [-0.15, -0.1) is 11.6 Å². The second-order valence-corrected chi connectivity index (χ2v) is 5.43. The molecule has 1 unspecified atom stereocenters. The van der Waals surface area contributed by atoms with Crippen LogP contribution in [0.2, 0.25) is 0 Å². The predicted molar refractivity (Wildman–Crippen MR) is 50.6 cm³/mol. The van der Waals surface area contributed by atoms with Gasteiger partial charge in [0.2, 0.25) is 0 Å². The maximum absolute atomic E-state index is 11.2. The van der Waals surface area contributed by atoms with Gasteiger partial charge in [0.15, 0.2) is 0 Å². The minimum Gasteiger partial charge on any atom is -0.458 e. The molecule has 1 heterocycles. The van der Waals surface area contributed by atoms with Crippen molar-refractivity contribution in [3.8, 4) is 0 Å². The Balaban J connectivity index is 2.37. The zero-order valence-electron chi connectivity index (χ0n) is 8.26. The van der Waals surface area contributed by atoms with Gasteiger partial charge in [-0.05, 0) is 13.3 Å². The van der Waals surface area contributed by atoms with Crippen LogP contribution in [0.15, 0.2) is 0 Å². The minimum absolute atomic E-state index is 0.0656. The highest BCUT2D eigenvalue weighted by atomic mass is 35.5. The number of rotatable bonds is 0. The summed E-state index contributed by atoms with van der Waals surface area (Å²) in [5.74, 6) is 0.252. The van der Waals surface area contributed by atoms with Gasteiger partial charge in [0.25, 0.3) is 0 Å². The summed E-state index contributed by atoms with van der Waals surface area (Å²) in [6.07, 6.45) is 1.44. The molecule has 0 aromatic heterocycles. The Morgan fingerprint density at radius 1 is 1.46 bits per heavy atom. The fourth-order valence-corrected chi connectivity index (χ4v) is 3.01. The zero-order chi connectivity index (χ0) is 9.85. The molecule has 13 heavy (non-hydrogen) atoms. The number of ether oxygens (including phenoxy) is 1. The van der Waals surface area contributed by atoms with Crippen LogP contribution in [0.1, 0.15) is 33.6 Å². The lowest BCUT2D eigenvalue weighted by molar-refractivity contribution is -0.155. The van der Waals surface area contributed by atoms with Crippen molar-refractivity contribution in [1.82, 2.24) is 0 Å². The lowest BCUT2D eigenvalue weighted by Crippen LogP contribution is -2.43. The van der Waals surface area contributed by atoms with E-state index in [0.717, 1.165) is 6.42 Å². The molecule has 1 saturated carbocycles. The summed E-state index contributed by atoms with van der Waals surface area (Å²) in [4.78, 5) is 11.2. The fourth-order valence-electron chi connectivity index (χ4n) is 2.58. The summed E-state index contributed by atoms with van der Waals surface area (Å²) in [6, 6.07) is 0. The lowest BCUT2D eigenvalue weighted by atomic mass is 9.76. The third-order valence-electron chi connectivity index (χ3n) is 4.07. The fraction of sp³-hybridized carbons (Fsp3) is 0.900. The molecular weight excluding hydrogens is 188 g/mol. The molecule has 74 valence electrons. The van der Waals surface area contributed by atoms with E-state index >= 15 is 0 Å². The van der Waals surface area contributed by atoms with Crippen LogP contribution in [0.4, 0.5) is 0 Å². The molecule has 1 aliphatic carbocycles. The summed E-state index contributed by atoms with van der Waals surface area (Å²) in [5, 5.41) is 0.121. The molecule has 0 aromatic rings. The average Bonchev–Trinajstić information content (AvgIpc) is 2.33. The van der Waals surface area contributed by atoms with Crippen molar-refractivity contribution in [3.05, 3.63) is 0 Å². The number of alkyl halides is 1. The number of hydrogen-bond acceptors (Lipinski definition) is 2. The van der Waals surface area contributed by atoms with Gasteiger partial charge in [0.05, 0.1) is 6.42 Å². The highest BCUT2D eigenvalue weighted by Crippen LogP contribution is 2.58. The van der Waals surface area contributed by atoms with Gasteiger partial charge in [-0.1, -0.05) is 13.8 Å². The van der Waals surface area contributed by atoms with Gasteiger partial charge in [0, 0.05) is 16.7 Å². The minimum atomic E-state index is -0.337. The van der Waals surface area contributed by atoms with Crippen molar-refractivity contribution in [2.75, 3.05) is 0 Å². The number of carbonyl (C=O) groups excluding carboxylic acids is 1. The Bertz CT molecular complexity index is 262. The lowest BCUT2D eigenvalue weighted by Gasteiger charge is -2.37. The van der Waals surface area contributed by atoms with Crippen molar-refractivity contribution in [1.29, 1.82) is 0 Å². The summed E-state index contributed by atoms with van der Waals surface area (Å²) in [6.45, 7) is 6.19. The monoisotopic (exact) mass is 202 g/mol. The van der Waals surface area contributed by atoms with Crippen LogP contribution in [0.3, 0.4) is 0 Å². The molecule has 2 aliphatic rings. The van der Waals surface area contributed by atoms with Crippen molar-refractivity contribution >= 4 is 17.6 Å². The van der Waals surface area contributed by atoms with E-state index in [1.165, 1.54) is 0 Å². The molecule has 2 rings (SSSR count). The molecule has 0 N–H and O–H groups in total. The van der Waals surface area contributed by atoms with E-state index in [-0.39, 0.29) is 22.4 Å². The Labute approximate surface area is 83.6 Å². The van der Waals surface area contributed by atoms with E-state index in [2.05, 4.69) is 13.8 Å². The Morgan fingerprint density at radius 3 is 2.62 bits per heavy atom. The second-order valence-electron chi connectivity index (χ2n) is 4.91. The quantitative estimate of drug-likeness (QED) is 0.445. The van der Waals surface area contributed by atoms with E-state index in [4.69, 9.17) is 16.3 Å². The number of halogens is 1. The number of fused-ring (bicyclic) bond motifs is 1. The number of esters is 1. The maximum Gasteiger partial charge on any atom is 0.306 e. The van der Waals surface area contributed by atoms with Crippen molar-refractivity contribution < 1.29 is 9.53 Å². The Morgan fingerprint density at radius 2 is 2.08 bits per heavy atom. The summed E-state index contributed by atoms with van der Waals surface area (Å²) < 4.78 is 5.44. The summed E-state index contributed by atoms with van der Waals surface area (Å²) >= 11 is 6.25. The molecule has 2 nitrogen and oxygen atoms in total. The summed E-state index contributed by atoms with van der Waals surface area (Å²) in [7, 11) is 0. The molecule has 2 fully saturated rings. The molecule has 3 atom stereocenters. The second kappa shape index (κ2) is 2.41. The zero-order valence-corrected chi connectivity index (χ0v) is 9.02. The number of hydrogen-bond donors (Lipinski definition) is 0. The van der Waals surface area contributed by atoms with Gasteiger partial charge < -0.3 is 4.74 Å². The Kier molecular flexibility index (Phi) is 1.73. The van der Waals surface area contributed by atoms with Gasteiger partial charge in [-0.25, -0.2) is 0 Å². The molecule has 0 spiro atoms. The third kappa shape index (κ3) is 0.983. The van der Waals surface area contributed by atoms with Gasteiger partial charge in [-0.2, -0.15) is 0 Å². The first kappa shape index (κ1) is 9.32. The van der Waals surface area contributed by atoms with Crippen LogP contribution in [-0.2, 0) is 9.53 Å². The first-order valence-electron chi connectivity index (χ1n) is 4.74. The van der Waals surface area contributed by atoms with Crippen LogP contribution in [-0.4, -0.2) is 16.9 Å². The van der Waals surface area contributed by atoms with E-state index in [1.807, 2.05) is 6.92 Å². The SMILES string of the molecule is CC1(C)C(Cl)C[C@H]2CC(=O)O[C@]21C. The smallest absolute Gasteiger partial charge is 0.306 e. The first-order valence-corrected chi connectivity index (χ1v) is 5.17. The largest absolute Gasteiger partial charge is 0.458 e. The third-order valence-corrected chi connectivity index (χ3v) is 4.80. The normalized spacial score (nSPS) is 47.5. The van der Waals surface area contributed by atoms with Crippen LogP contribution in [0, 0.1) is 11.3 Å². The van der Waals surface area contributed by atoms with E-state index in [0.29, 0.717) is 12.3 Å². The average molecular weight is 203 g/mol. The first-order chi connectivity index (χ1) is 5.88. The van der Waals surface area contributed by atoms with E-state index in [1.54, 1.807) is 0 Å². The molecule has 0 bridgehead atoms. The molecule has 0 aromatic carbocycles.